The summed E-state index contributed by atoms with van der Waals surface area (Å²) in [6, 6.07) is 3.39. The number of fused-ring (bicyclic) bond motifs is 1. The summed E-state index contributed by atoms with van der Waals surface area (Å²) in [5, 5.41) is 0. The Balaban J connectivity index is 1.94. The molecule has 8 heteroatoms. The number of aromatic amines is 1. The van der Waals surface area contributed by atoms with Crippen LogP contribution in [-0.4, -0.2) is 44.0 Å². The first-order valence-corrected chi connectivity index (χ1v) is 8.02. The summed E-state index contributed by atoms with van der Waals surface area (Å²) in [5.74, 6) is -0.278. The molecule has 1 aliphatic heterocycles. The summed E-state index contributed by atoms with van der Waals surface area (Å²) in [6.07, 6.45) is 0.916. The van der Waals surface area contributed by atoms with E-state index in [1.54, 1.807) is 39.1 Å². The average molecular weight is 343 g/mol. The number of imide groups is 1. The van der Waals surface area contributed by atoms with Gasteiger partial charge in [0.05, 0.1) is 17.0 Å². The number of nitrogens with zero attached hydrogens (tertiary/aromatic N) is 3. The summed E-state index contributed by atoms with van der Waals surface area (Å²) < 4.78 is 5.34. The molecule has 3 rings (SSSR count). The van der Waals surface area contributed by atoms with Crippen LogP contribution >= 0.6 is 0 Å². The SMILES string of the molecule is CC1CN(C(=O)OC(C)(C)C)C(=O)c2cc(-c3ccnc(N)n3)[nH]c21. The molecular weight excluding hydrogens is 322 g/mol. The molecule has 0 fully saturated rings. The van der Waals surface area contributed by atoms with Crippen molar-refractivity contribution in [2.45, 2.75) is 39.2 Å². The maximum absolute atomic E-state index is 12.7. The van der Waals surface area contributed by atoms with E-state index in [1.807, 2.05) is 6.92 Å². The van der Waals surface area contributed by atoms with E-state index < -0.39 is 11.7 Å². The van der Waals surface area contributed by atoms with Crippen molar-refractivity contribution in [1.82, 2.24) is 19.9 Å². The topological polar surface area (TPSA) is 114 Å². The van der Waals surface area contributed by atoms with Crippen molar-refractivity contribution in [1.29, 1.82) is 0 Å². The Hall–Kier alpha value is -2.90. The lowest BCUT2D eigenvalue weighted by Crippen LogP contribution is -2.45. The second-order valence-corrected chi connectivity index (χ2v) is 7.11. The van der Waals surface area contributed by atoms with E-state index in [0.717, 1.165) is 10.6 Å². The third-order valence-corrected chi connectivity index (χ3v) is 3.84. The molecule has 8 nitrogen and oxygen atoms in total. The Labute approximate surface area is 145 Å². The number of anilines is 1. The minimum atomic E-state index is -0.664. The highest BCUT2D eigenvalue weighted by atomic mass is 16.6. The molecule has 0 bridgehead atoms. The largest absolute Gasteiger partial charge is 0.443 e. The number of carbonyl (C=O) groups is 2. The van der Waals surface area contributed by atoms with Gasteiger partial charge in [0.2, 0.25) is 5.95 Å². The number of nitrogens with one attached hydrogen (secondary N) is 1. The van der Waals surface area contributed by atoms with Crippen LogP contribution in [0.4, 0.5) is 10.7 Å². The summed E-state index contributed by atoms with van der Waals surface area (Å²) >= 11 is 0. The zero-order valence-corrected chi connectivity index (χ0v) is 14.7. The molecule has 1 aliphatic rings. The fourth-order valence-corrected chi connectivity index (χ4v) is 2.77. The Morgan fingerprint density at radius 3 is 2.80 bits per heavy atom. The standard InChI is InChI=1S/C17H21N5O3/c1-9-8-22(16(24)25-17(2,3)4)14(23)10-7-12(20-13(9)10)11-5-6-19-15(18)21-11/h5-7,9,20H,8H2,1-4H3,(H2,18,19,21). The lowest BCUT2D eigenvalue weighted by molar-refractivity contribution is 0.0220. The smallest absolute Gasteiger partial charge is 0.417 e. The van der Waals surface area contributed by atoms with Crippen molar-refractivity contribution in [3.05, 3.63) is 29.6 Å². The summed E-state index contributed by atoms with van der Waals surface area (Å²) in [5.41, 5.74) is 7.42. The van der Waals surface area contributed by atoms with Crippen molar-refractivity contribution in [2.24, 2.45) is 0 Å². The molecule has 0 saturated heterocycles. The van der Waals surface area contributed by atoms with Gasteiger partial charge in [-0.1, -0.05) is 6.92 Å². The molecule has 1 unspecified atom stereocenters. The second-order valence-electron chi connectivity index (χ2n) is 7.11. The highest BCUT2D eigenvalue weighted by molar-refractivity contribution is 6.05. The van der Waals surface area contributed by atoms with Crippen molar-refractivity contribution < 1.29 is 14.3 Å². The third kappa shape index (κ3) is 3.33. The molecule has 3 N–H and O–H groups in total. The molecule has 0 aromatic carbocycles. The van der Waals surface area contributed by atoms with Crippen LogP contribution in [0.15, 0.2) is 18.3 Å². The minimum absolute atomic E-state index is 0.0480. The van der Waals surface area contributed by atoms with Crippen LogP contribution < -0.4 is 5.73 Å². The first-order valence-electron chi connectivity index (χ1n) is 8.02. The first-order chi connectivity index (χ1) is 11.7. The van der Waals surface area contributed by atoms with Gasteiger partial charge < -0.3 is 15.5 Å². The molecule has 0 aliphatic carbocycles. The van der Waals surface area contributed by atoms with Crippen LogP contribution in [0.1, 0.15) is 49.7 Å². The summed E-state index contributed by atoms with van der Waals surface area (Å²) in [6.45, 7) is 7.50. The van der Waals surface area contributed by atoms with Crippen molar-refractivity contribution in [3.63, 3.8) is 0 Å². The fourth-order valence-electron chi connectivity index (χ4n) is 2.77. The van der Waals surface area contributed by atoms with Gasteiger partial charge in [-0.25, -0.2) is 19.7 Å². The quantitative estimate of drug-likeness (QED) is 0.822. The van der Waals surface area contributed by atoms with E-state index in [0.29, 0.717) is 17.0 Å². The molecule has 0 spiro atoms. The number of aromatic nitrogens is 3. The van der Waals surface area contributed by atoms with Crippen LogP contribution in [0.25, 0.3) is 11.4 Å². The lowest BCUT2D eigenvalue weighted by atomic mass is 9.98. The lowest BCUT2D eigenvalue weighted by Gasteiger charge is -2.31. The molecule has 0 radical (unpaired) electrons. The van der Waals surface area contributed by atoms with E-state index in [-0.39, 0.29) is 24.3 Å². The van der Waals surface area contributed by atoms with Gasteiger partial charge in [-0.2, -0.15) is 0 Å². The maximum atomic E-state index is 12.7. The molecule has 0 saturated carbocycles. The van der Waals surface area contributed by atoms with E-state index in [2.05, 4.69) is 15.0 Å². The molecule has 2 aromatic rings. The highest BCUT2D eigenvalue weighted by Crippen LogP contribution is 2.32. The Morgan fingerprint density at radius 1 is 1.44 bits per heavy atom. The van der Waals surface area contributed by atoms with Gasteiger partial charge in [0.25, 0.3) is 5.91 Å². The van der Waals surface area contributed by atoms with Crippen molar-refractivity contribution in [3.8, 4) is 11.4 Å². The number of nitrogens with two attached hydrogens (primary N) is 1. The zero-order chi connectivity index (χ0) is 18.4. The predicted octanol–water partition coefficient (Wildman–Crippen LogP) is 2.55. The average Bonchev–Trinajstić information content (AvgIpc) is 2.95. The fraction of sp³-hybridized carbons (Fsp3) is 0.412. The number of ether oxygens (including phenoxy) is 1. The molecule has 1 atom stereocenters. The normalized spacial score (nSPS) is 17.4. The molecule has 2 amide bonds. The van der Waals surface area contributed by atoms with Gasteiger partial charge in [-0.3, -0.25) is 4.79 Å². The number of nitrogen functional groups attached to an aromatic ring is 1. The number of carbonyl (C=O) groups excluding carboxylic acids is 2. The molecular formula is C17H21N5O3. The molecule has 2 aromatic heterocycles. The number of H-pyrrole nitrogens is 1. The van der Waals surface area contributed by atoms with Gasteiger partial charge in [0.1, 0.15) is 5.60 Å². The Kier molecular flexibility index (Phi) is 3.98. The van der Waals surface area contributed by atoms with E-state index in [4.69, 9.17) is 10.5 Å². The molecule has 3 heterocycles. The van der Waals surface area contributed by atoms with Crippen LogP contribution in [0.2, 0.25) is 0 Å². The van der Waals surface area contributed by atoms with Crippen molar-refractivity contribution in [2.75, 3.05) is 12.3 Å². The van der Waals surface area contributed by atoms with Gasteiger partial charge in [-0.15, -0.1) is 0 Å². The van der Waals surface area contributed by atoms with E-state index in [9.17, 15) is 9.59 Å². The number of amides is 2. The minimum Gasteiger partial charge on any atom is -0.443 e. The van der Waals surface area contributed by atoms with Crippen molar-refractivity contribution >= 4 is 17.9 Å². The van der Waals surface area contributed by atoms with E-state index >= 15 is 0 Å². The predicted molar refractivity (Wildman–Crippen MR) is 91.9 cm³/mol. The Morgan fingerprint density at radius 2 is 2.16 bits per heavy atom. The van der Waals surface area contributed by atoms with Gasteiger partial charge in [0, 0.05) is 24.4 Å². The molecule has 132 valence electrons. The Bertz CT molecular complexity index is 837. The third-order valence-electron chi connectivity index (χ3n) is 3.84. The highest BCUT2D eigenvalue weighted by Gasteiger charge is 2.37. The van der Waals surface area contributed by atoms with Gasteiger partial charge >= 0.3 is 6.09 Å². The monoisotopic (exact) mass is 343 g/mol. The first kappa shape index (κ1) is 16.9. The van der Waals surface area contributed by atoms with E-state index in [1.165, 1.54) is 0 Å². The van der Waals surface area contributed by atoms with Crippen LogP contribution in [-0.2, 0) is 4.74 Å². The van der Waals surface area contributed by atoms with Crippen LogP contribution in [0.5, 0.6) is 0 Å². The molecule has 25 heavy (non-hydrogen) atoms. The second kappa shape index (κ2) is 5.87. The zero-order valence-electron chi connectivity index (χ0n) is 14.7. The maximum Gasteiger partial charge on any atom is 0.417 e. The van der Waals surface area contributed by atoms with Gasteiger partial charge in [0.15, 0.2) is 0 Å². The summed E-state index contributed by atoms with van der Waals surface area (Å²) in [7, 11) is 0. The van der Waals surface area contributed by atoms with Crippen LogP contribution in [0, 0.1) is 0 Å². The number of rotatable bonds is 1. The number of hydrogen-bond donors (Lipinski definition) is 2. The van der Waals surface area contributed by atoms with Crippen LogP contribution in [0.3, 0.4) is 0 Å². The van der Waals surface area contributed by atoms with Gasteiger partial charge in [-0.05, 0) is 32.9 Å². The summed E-state index contributed by atoms with van der Waals surface area (Å²) in [4.78, 5) is 37.5. The number of hydrogen-bond acceptors (Lipinski definition) is 6.